The van der Waals surface area contributed by atoms with Gasteiger partial charge in [0.15, 0.2) is 5.76 Å². The summed E-state index contributed by atoms with van der Waals surface area (Å²) in [5.41, 5.74) is 5.97. The molecule has 8 heteroatoms. The summed E-state index contributed by atoms with van der Waals surface area (Å²) >= 11 is 0. The second-order valence-corrected chi connectivity index (χ2v) is 7.80. The van der Waals surface area contributed by atoms with Crippen LogP contribution in [-0.2, 0) is 20.9 Å². The molecule has 1 amide bonds. The molecule has 1 aliphatic rings. The van der Waals surface area contributed by atoms with Crippen molar-refractivity contribution in [3.63, 3.8) is 0 Å². The van der Waals surface area contributed by atoms with Gasteiger partial charge in [0.25, 0.3) is 0 Å². The molecule has 2 heterocycles. The van der Waals surface area contributed by atoms with Gasteiger partial charge in [0.2, 0.25) is 0 Å². The van der Waals surface area contributed by atoms with Gasteiger partial charge in [0.05, 0.1) is 0 Å². The fourth-order valence-electron chi connectivity index (χ4n) is 3.54. The smallest absolute Gasteiger partial charge is 0.310 e. The van der Waals surface area contributed by atoms with Crippen LogP contribution in [-0.4, -0.2) is 46.1 Å². The topological polar surface area (TPSA) is 104 Å². The third-order valence-electron chi connectivity index (χ3n) is 5.27. The predicted molar refractivity (Wildman–Crippen MR) is 117 cm³/mol. The minimum Gasteiger partial charge on any atom is -0.421 e. The lowest BCUT2D eigenvalue weighted by Gasteiger charge is -2.18. The van der Waals surface area contributed by atoms with Gasteiger partial charge in [-0.25, -0.2) is 10.5 Å². The molecule has 0 spiro atoms. The van der Waals surface area contributed by atoms with Gasteiger partial charge in [0.1, 0.15) is 5.82 Å². The SMILES string of the molecule is CC(=O)O/C(=C/c1ccc(N[C@@H]2CCN(Cc3ccc(C)c(C)c3)C2)nc1)C(=O)NO. The van der Waals surface area contributed by atoms with E-state index >= 15 is 0 Å². The molecule has 8 nitrogen and oxygen atoms in total. The normalized spacial score (nSPS) is 16.8. The molecule has 1 atom stereocenters. The molecule has 1 saturated heterocycles. The van der Waals surface area contributed by atoms with Gasteiger partial charge in [0, 0.05) is 38.8 Å². The molecular formula is C23H28N4O4. The number of hydrogen-bond acceptors (Lipinski definition) is 7. The van der Waals surface area contributed by atoms with Gasteiger partial charge in [-0.15, -0.1) is 0 Å². The first kappa shape index (κ1) is 22.5. The molecule has 0 saturated carbocycles. The van der Waals surface area contributed by atoms with Crippen molar-refractivity contribution in [2.75, 3.05) is 18.4 Å². The standard InChI is InChI=1S/C23H28N4O4/c1-15-4-5-19(10-16(15)2)13-27-9-8-20(14-27)25-22-7-6-18(12-24-22)11-21(23(29)26-30)31-17(3)28/h4-7,10-12,20,30H,8-9,13-14H2,1-3H3,(H,24,25)(H,26,29)/b21-11+/t20-/m1/s1. The van der Waals surface area contributed by atoms with Crippen molar-refractivity contribution in [3.05, 3.63) is 64.5 Å². The molecule has 1 fully saturated rings. The molecule has 0 radical (unpaired) electrons. The molecule has 1 aliphatic heterocycles. The Bertz CT molecular complexity index is 972. The number of aryl methyl sites for hydroxylation is 2. The van der Waals surface area contributed by atoms with Crippen LogP contribution in [0.3, 0.4) is 0 Å². The summed E-state index contributed by atoms with van der Waals surface area (Å²) in [5, 5.41) is 12.2. The van der Waals surface area contributed by atoms with Gasteiger partial charge < -0.3 is 10.1 Å². The summed E-state index contributed by atoms with van der Waals surface area (Å²) in [6.07, 6.45) is 3.93. The Morgan fingerprint density at radius 3 is 2.71 bits per heavy atom. The minimum absolute atomic E-state index is 0.303. The van der Waals surface area contributed by atoms with Crippen LogP contribution in [0.2, 0.25) is 0 Å². The van der Waals surface area contributed by atoms with E-state index in [1.807, 2.05) is 0 Å². The first-order valence-electron chi connectivity index (χ1n) is 10.2. The maximum atomic E-state index is 11.6. The van der Waals surface area contributed by atoms with Crippen LogP contribution in [0, 0.1) is 13.8 Å². The van der Waals surface area contributed by atoms with Crippen LogP contribution in [0.5, 0.6) is 0 Å². The van der Waals surface area contributed by atoms with E-state index in [4.69, 9.17) is 9.94 Å². The number of nitrogens with one attached hydrogen (secondary N) is 2. The van der Waals surface area contributed by atoms with E-state index in [1.54, 1.807) is 18.3 Å². The lowest BCUT2D eigenvalue weighted by molar-refractivity contribution is -0.142. The molecule has 3 N–H and O–H groups in total. The zero-order chi connectivity index (χ0) is 22.4. The fraction of sp³-hybridized carbons (Fsp3) is 0.348. The molecule has 1 aromatic carbocycles. The average molecular weight is 425 g/mol. The molecule has 164 valence electrons. The van der Waals surface area contributed by atoms with Gasteiger partial charge in [-0.2, -0.15) is 0 Å². The average Bonchev–Trinajstić information content (AvgIpc) is 3.17. The Balaban J connectivity index is 1.57. The molecule has 0 bridgehead atoms. The Labute approximate surface area is 181 Å². The van der Waals surface area contributed by atoms with Gasteiger partial charge >= 0.3 is 11.9 Å². The van der Waals surface area contributed by atoms with Crippen LogP contribution in [0.25, 0.3) is 6.08 Å². The summed E-state index contributed by atoms with van der Waals surface area (Å²) in [6, 6.07) is 10.5. The van der Waals surface area contributed by atoms with Gasteiger partial charge in [-0.1, -0.05) is 18.2 Å². The predicted octanol–water partition coefficient (Wildman–Crippen LogP) is 2.79. The molecule has 3 rings (SSSR count). The second kappa shape index (κ2) is 10.2. The number of anilines is 1. The lowest BCUT2D eigenvalue weighted by Crippen LogP contribution is -2.26. The van der Waals surface area contributed by atoms with Crippen molar-refractivity contribution in [2.24, 2.45) is 0 Å². The number of amides is 1. The van der Waals surface area contributed by atoms with Crippen LogP contribution in [0.4, 0.5) is 5.82 Å². The van der Waals surface area contributed by atoms with Crippen LogP contribution >= 0.6 is 0 Å². The highest BCUT2D eigenvalue weighted by atomic mass is 16.5. The number of carbonyl (C=O) groups is 2. The number of likely N-dealkylation sites (tertiary alicyclic amines) is 1. The monoisotopic (exact) mass is 424 g/mol. The Morgan fingerprint density at radius 1 is 1.26 bits per heavy atom. The zero-order valence-corrected chi connectivity index (χ0v) is 18.0. The number of nitrogens with zero attached hydrogens (tertiary/aromatic N) is 2. The van der Waals surface area contributed by atoms with E-state index in [0.29, 0.717) is 11.6 Å². The fourth-order valence-corrected chi connectivity index (χ4v) is 3.54. The summed E-state index contributed by atoms with van der Waals surface area (Å²) in [4.78, 5) is 29.5. The summed E-state index contributed by atoms with van der Waals surface area (Å²) in [7, 11) is 0. The molecule has 31 heavy (non-hydrogen) atoms. The summed E-state index contributed by atoms with van der Waals surface area (Å²) in [5.74, 6) is -1.15. The lowest BCUT2D eigenvalue weighted by atomic mass is 10.1. The number of pyridine rings is 1. The van der Waals surface area contributed by atoms with Crippen LogP contribution < -0.4 is 10.8 Å². The number of carbonyl (C=O) groups excluding carboxylic acids is 2. The number of ether oxygens (including phenoxy) is 1. The van der Waals surface area contributed by atoms with E-state index in [1.165, 1.54) is 35.2 Å². The van der Waals surface area contributed by atoms with Crippen LogP contribution in [0.1, 0.15) is 35.6 Å². The highest BCUT2D eigenvalue weighted by Crippen LogP contribution is 2.19. The molecule has 0 aliphatic carbocycles. The van der Waals surface area contributed by atoms with E-state index in [2.05, 4.69) is 47.2 Å². The Morgan fingerprint density at radius 2 is 2.06 bits per heavy atom. The number of hydroxylamine groups is 1. The first-order chi connectivity index (χ1) is 14.8. The van der Waals surface area contributed by atoms with E-state index < -0.39 is 11.9 Å². The Kier molecular flexibility index (Phi) is 7.38. The van der Waals surface area contributed by atoms with E-state index in [-0.39, 0.29) is 5.76 Å². The van der Waals surface area contributed by atoms with E-state index in [9.17, 15) is 9.59 Å². The highest BCUT2D eigenvalue weighted by Gasteiger charge is 2.22. The number of rotatable bonds is 7. The van der Waals surface area contributed by atoms with E-state index in [0.717, 1.165) is 31.9 Å². The summed E-state index contributed by atoms with van der Waals surface area (Å²) < 4.78 is 4.82. The summed E-state index contributed by atoms with van der Waals surface area (Å²) in [6.45, 7) is 8.33. The van der Waals surface area contributed by atoms with Gasteiger partial charge in [-0.3, -0.25) is 19.7 Å². The largest absolute Gasteiger partial charge is 0.421 e. The van der Waals surface area contributed by atoms with Crippen molar-refractivity contribution in [1.29, 1.82) is 0 Å². The first-order valence-corrected chi connectivity index (χ1v) is 10.2. The quantitative estimate of drug-likeness (QED) is 0.206. The number of hydrogen-bond donors (Lipinski definition) is 3. The number of aromatic nitrogens is 1. The van der Waals surface area contributed by atoms with Crippen molar-refractivity contribution in [2.45, 2.75) is 39.8 Å². The minimum atomic E-state index is -0.910. The molecule has 0 unspecified atom stereocenters. The van der Waals surface area contributed by atoms with Crippen molar-refractivity contribution >= 4 is 23.8 Å². The molecular weight excluding hydrogens is 396 g/mol. The molecule has 2 aromatic rings. The van der Waals surface area contributed by atoms with Crippen molar-refractivity contribution in [3.8, 4) is 0 Å². The Hall–Kier alpha value is -3.23. The molecule has 1 aromatic heterocycles. The third-order valence-corrected chi connectivity index (χ3v) is 5.27. The van der Waals surface area contributed by atoms with Crippen molar-refractivity contribution in [1.82, 2.24) is 15.4 Å². The van der Waals surface area contributed by atoms with Gasteiger partial charge in [-0.05, 0) is 60.7 Å². The second-order valence-electron chi connectivity index (χ2n) is 7.80. The zero-order valence-electron chi connectivity index (χ0n) is 18.0. The third kappa shape index (κ3) is 6.37. The number of benzene rings is 1. The maximum absolute atomic E-state index is 11.6. The van der Waals surface area contributed by atoms with Crippen LogP contribution in [0.15, 0.2) is 42.3 Å². The highest BCUT2D eigenvalue weighted by molar-refractivity contribution is 5.97. The maximum Gasteiger partial charge on any atom is 0.310 e. The number of esters is 1. The van der Waals surface area contributed by atoms with Crippen molar-refractivity contribution < 1.29 is 19.5 Å².